The van der Waals surface area contributed by atoms with Crippen LogP contribution in [0.4, 0.5) is 4.39 Å². The third-order valence-corrected chi connectivity index (χ3v) is 7.91. The van der Waals surface area contributed by atoms with Crippen molar-refractivity contribution in [1.29, 1.82) is 0 Å². The maximum atomic E-state index is 15.3. The Bertz CT molecular complexity index is 1560. The summed E-state index contributed by atoms with van der Waals surface area (Å²) in [6, 6.07) is 18.9. The Kier molecular flexibility index (Phi) is 9.93. The fourth-order valence-electron chi connectivity index (χ4n) is 5.57. The van der Waals surface area contributed by atoms with Gasteiger partial charge in [0.05, 0.1) is 18.3 Å². The predicted molar refractivity (Wildman–Crippen MR) is 164 cm³/mol. The van der Waals surface area contributed by atoms with Crippen molar-refractivity contribution in [2.75, 3.05) is 13.2 Å². The zero-order chi connectivity index (χ0) is 29.5. The number of aliphatic carboxylic acids is 1. The van der Waals surface area contributed by atoms with E-state index in [2.05, 4.69) is 23.3 Å². The quantitative estimate of drug-likeness (QED) is 0.132. The van der Waals surface area contributed by atoms with E-state index in [4.69, 9.17) is 26.2 Å². The van der Waals surface area contributed by atoms with Gasteiger partial charge >= 0.3 is 5.97 Å². The Morgan fingerprint density at radius 3 is 2.60 bits per heavy atom. The summed E-state index contributed by atoms with van der Waals surface area (Å²) < 4.78 is 29.1. The van der Waals surface area contributed by atoms with Crippen LogP contribution in [0, 0.1) is 5.82 Å². The second-order valence-corrected chi connectivity index (χ2v) is 11.0. The number of carboxylic acid groups (broad SMARTS) is 1. The second kappa shape index (κ2) is 14.0. The van der Waals surface area contributed by atoms with Crippen LogP contribution in [0.5, 0.6) is 5.75 Å². The molecule has 0 saturated carbocycles. The molecule has 42 heavy (non-hydrogen) atoms. The van der Waals surface area contributed by atoms with Crippen molar-refractivity contribution in [3.63, 3.8) is 0 Å². The molecule has 5 rings (SSSR count). The van der Waals surface area contributed by atoms with Crippen molar-refractivity contribution in [1.82, 2.24) is 9.78 Å². The van der Waals surface area contributed by atoms with Gasteiger partial charge in [-0.2, -0.15) is 5.10 Å². The van der Waals surface area contributed by atoms with Crippen LogP contribution in [0.2, 0.25) is 5.02 Å². The number of rotatable bonds is 12. The van der Waals surface area contributed by atoms with Crippen molar-refractivity contribution < 1.29 is 23.8 Å². The molecule has 1 fully saturated rings. The van der Waals surface area contributed by atoms with Crippen LogP contribution in [0.1, 0.15) is 81.2 Å². The molecular weight excluding hydrogens is 555 g/mol. The number of nitrogens with zero attached hydrogens (tertiary/aromatic N) is 2. The zero-order valence-corrected chi connectivity index (χ0v) is 24.6. The van der Waals surface area contributed by atoms with Crippen LogP contribution in [0.25, 0.3) is 22.0 Å². The highest BCUT2D eigenvalue weighted by molar-refractivity contribution is 6.30. The summed E-state index contributed by atoms with van der Waals surface area (Å²) in [5.41, 5.74) is 5.24. The van der Waals surface area contributed by atoms with E-state index in [-0.39, 0.29) is 18.5 Å². The Morgan fingerprint density at radius 2 is 1.88 bits per heavy atom. The molecule has 1 aliphatic heterocycles. The minimum Gasteiger partial charge on any atom is -0.494 e. The first kappa shape index (κ1) is 29.8. The molecule has 1 saturated heterocycles. The summed E-state index contributed by atoms with van der Waals surface area (Å²) in [5, 5.41) is 14.8. The van der Waals surface area contributed by atoms with Gasteiger partial charge in [0.2, 0.25) is 0 Å². The Labute approximate surface area is 250 Å². The summed E-state index contributed by atoms with van der Waals surface area (Å²) >= 11 is 6.10. The molecule has 0 amide bonds. The molecule has 1 atom stereocenters. The minimum absolute atomic E-state index is 0.0591. The number of aromatic nitrogens is 2. The van der Waals surface area contributed by atoms with Gasteiger partial charge in [-0.3, -0.25) is 4.79 Å². The number of fused-ring (bicyclic) bond motifs is 1. The van der Waals surface area contributed by atoms with Crippen molar-refractivity contribution >= 4 is 39.6 Å². The topological polar surface area (TPSA) is 73.6 Å². The predicted octanol–water partition coefficient (Wildman–Crippen LogP) is 8.92. The number of halogens is 2. The first-order valence-electron chi connectivity index (χ1n) is 14.7. The lowest BCUT2D eigenvalue weighted by Crippen LogP contribution is -2.18. The lowest BCUT2D eigenvalue weighted by Gasteiger charge is -2.23. The van der Waals surface area contributed by atoms with Crippen LogP contribution in [-0.4, -0.2) is 34.1 Å². The number of hydrogen-bond donors (Lipinski definition) is 1. The van der Waals surface area contributed by atoms with E-state index in [1.54, 1.807) is 12.1 Å². The van der Waals surface area contributed by atoms with Gasteiger partial charge in [0.15, 0.2) is 6.23 Å². The lowest BCUT2D eigenvalue weighted by molar-refractivity contribution is -0.137. The molecule has 0 bridgehead atoms. The van der Waals surface area contributed by atoms with E-state index in [9.17, 15) is 4.79 Å². The third-order valence-electron chi connectivity index (χ3n) is 7.67. The molecule has 1 unspecified atom stereocenters. The van der Waals surface area contributed by atoms with E-state index < -0.39 is 5.97 Å². The molecule has 8 heteroatoms. The Hall–Kier alpha value is -3.68. The van der Waals surface area contributed by atoms with Crippen LogP contribution >= 0.6 is 11.6 Å². The van der Waals surface area contributed by atoms with E-state index in [1.165, 1.54) is 6.07 Å². The number of carboxylic acids is 1. The van der Waals surface area contributed by atoms with Gasteiger partial charge in [0.1, 0.15) is 11.6 Å². The first-order chi connectivity index (χ1) is 20.4. The number of unbranched alkanes of at least 4 members (excludes halogenated alkanes) is 2. The number of benzene rings is 3. The summed E-state index contributed by atoms with van der Waals surface area (Å²) in [5.74, 6) is -0.397. The number of hydrogen-bond acceptors (Lipinski definition) is 4. The average molecular weight is 591 g/mol. The molecule has 0 spiro atoms. The largest absolute Gasteiger partial charge is 0.494 e. The van der Waals surface area contributed by atoms with Crippen LogP contribution < -0.4 is 4.74 Å². The first-order valence-corrected chi connectivity index (χ1v) is 15.0. The molecule has 1 aliphatic rings. The maximum absolute atomic E-state index is 15.3. The fourth-order valence-corrected chi connectivity index (χ4v) is 5.73. The minimum atomic E-state index is -0.772. The molecular formula is C34H36ClFN2O4. The van der Waals surface area contributed by atoms with E-state index in [1.807, 2.05) is 42.1 Å². The molecule has 1 aromatic heterocycles. The number of carbonyl (C=O) groups is 1. The monoisotopic (exact) mass is 590 g/mol. The van der Waals surface area contributed by atoms with Crippen molar-refractivity contribution in [3.8, 4) is 5.75 Å². The summed E-state index contributed by atoms with van der Waals surface area (Å²) in [4.78, 5) is 10.7. The van der Waals surface area contributed by atoms with Gasteiger partial charge < -0.3 is 14.6 Å². The van der Waals surface area contributed by atoms with Gasteiger partial charge in [-0.05, 0) is 104 Å². The average Bonchev–Trinajstić information content (AvgIpc) is 3.42. The Morgan fingerprint density at radius 1 is 1.07 bits per heavy atom. The van der Waals surface area contributed by atoms with Crippen molar-refractivity contribution in [3.05, 3.63) is 94.4 Å². The SMILES string of the molecule is CCC(=C(c1ccc(OCCCCCC(=O)O)cc1)c1ccc2c(cnn2C2CCCCO2)c1)c1ccc(Cl)cc1F. The third kappa shape index (κ3) is 7.02. The fraction of sp³-hybridized carbons (Fsp3) is 0.353. The smallest absolute Gasteiger partial charge is 0.303 e. The lowest BCUT2D eigenvalue weighted by atomic mass is 9.87. The summed E-state index contributed by atoms with van der Waals surface area (Å²) in [6.45, 7) is 3.29. The van der Waals surface area contributed by atoms with Gasteiger partial charge in [0.25, 0.3) is 0 Å². The van der Waals surface area contributed by atoms with E-state index in [0.29, 0.717) is 30.0 Å². The number of ether oxygens (including phenoxy) is 2. The summed E-state index contributed by atoms with van der Waals surface area (Å²) in [7, 11) is 0. The zero-order valence-electron chi connectivity index (χ0n) is 23.8. The Balaban J connectivity index is 1.48. The molecule has 1 N–H and O–H groups in total. The van der Waals surface area contributed by atoms with Crippen LogP contribution in [0.15, 0.2) is 66.9 Å². The van der Waals surface area contributed by atoms with Gasteiger partial charge in [0, 0.05) is 29.0 Å². The standard InChI is InChI=1S/C34H36ClFN2O4/c1-2-28(29-16-13-26(35)21-30(29)36)34(23-10-14-27(15-11-23)41-18-6-3-4-9-33(39)40)24-12-17-31-25(20-24)22-37-38(31)32-8-5-7-19-42-32/h10-17,20-22,32H,2-9,18-19H2,1H3,(H,39,40). The van der Waals surface area contributed by atoms with Crippen molar-refractivity contribution in [2.24, 2.45) is 0 Å². The van der Waals surface area contributed by atoms with E-state index >= 15 is 4.39 Å². The van der Waals surface area contributed by atoms with E-state index in [0.717, 1.165) is 77.6 Å². The molecule has 3 aromatic carbocycles. The highest BCUT2D eigenvalue weighted by Crippen LogP contribution is 2.38. The highest BCUT2D eigenvalue weighted by atomic mass is 35.5. The maximum Gasteiger partial charge on any atom is 0.303 e. The molecule has 0 aliphatic carbocycles. The van der Waals surface area contributed by atoms with Crippen LogP contribution in [-0.2, 0) is 9.53 Å². The normalized spacial score (nSPS) is 15.9. The van der Waals surface area contributed by atoms with Gasteiger partial charge in [-0.25, -0.2) is 9.07 Å². The summed E-state index contributed by atoms with van der Waals surface area (Å²) in [6.07, 6.45) is 7.96. The van der Waals surface area contributed by atoms with Gasteiger partial charge in [-0.1, -0.05) is 42.8 Å². The highest BCUT2D eigenvalue weighted by Gasteiger charge is 2.21. The molecule has 220 valence electrons. The molecule has 6 nitrogen and oxygen atoms in total. The van der Waals surface area contributed by atoms with Gasteiger partial charge in [-0.15, -0.1) is 0 Å². The second-order valence-electron chi connectivity index (χ2n) is 10.6. The molecule has 0 radical (unpaired) electrons. The molecule has 4 aromatic rings. The van der Waals surface area contributed by atoms with Crippen molar-refractivity contribution in [2.45, 2.75) is 64.5 Å². The van der Waals surface area contributed by atoms with Crippen LogP contribution in [0.3, 0.4) is 0 Å². The number of allylic oxidation sites excluding steroid dienone is 1. The molecule has 2 heterocycles.